The fraction of sp³-hybridized carbons (Fsp3) is 0.172. The van der Waals surface area contributed by atoms with Crippen LogP contribution in [0, 0.1) is 0 Å². The van der Waals surface area contributed by atoms with Crippen molar-refractivity contribution >= 4 is 23.7 Å². The molecule has 3 aromatic carbocycles. The maximum Gasteiger partial charge on any atom is 0.408 e. The standard InChI is InChI=1S/C29H28N4O6/c34-27(35)18-33-17-24(16-30-33)31-28(36)26(32-29(37)39-20-23-9-5-2-6-10-23)15-21-11-13-25(14-12-21)38-19-22-7-3-1-4-8-22/h1-14,16-17,26H,15,18-20H2,(H,31,36)(H,32,37)(H,34,35)/t26-/m0/s1. The van der Waals surface area contributed by atoms with Crippen molar-refractivity contribution in [2.45, 2.75) is 32.2 Å². The second-order valence-corrected chi connectivity index (χ2v) is 8.69. The van der Waals surface area contributed by atoms with E-state index in [2.05, 4.69) is 15.7 Å². The Kier molecular flexibility index (Phi) is 9.27. The minimum Gasteiger partial charge on any atom is -0.489 e. The number of nitrogens with one attached hydrogen (secondary N) is 2. The minimum absolute atomic E-state index is 0.0520. The summed E-state index contributed by atoms with van der Waals surface area (Å²) >= 11 is 0. The monoisotopic (exact) mass is 528 g/mol. The van der Waals surface area contributed by atoms with Crippen molar-refractivity contribution in [2.24, 2.45) is 0 Å². The predicted octanol–water partition coefficient (Wildman–Crippen LogP) is 4.02. The summed E-state index contributed by atoms with van der Waals surface area (Å²) in [5, 5.41) is 18.2. The van der Waals surface area contributed by atoms with Crippen LogP contribution < -0.4 is 15.4 Å². The number of carboxylic acids is 1. The molecule has 1 atom stereocenters. The third-order valence-electron chi connectivity index (χ3n) is 5.63. The Morgan fingerprint density at radius 3 is 2.13 bits per heavy atom. The van der Waals surface area contributed by atoms with Gasteiger partial charge in [-0.25, -0.2) is 4.79 Å². The van der Waals surface area contributed by atoms with Crippen LogP contribution in [0.15, 0.2) is 97.3 Å². The van der Waals surface area contributed by atoms with Gasteiger partial charge in [-0.3, -0.25) is 14.3 Å². The molecule has 0 aliphatic heterocycles. The Morgan fingerprint density at radius 1 is 0.846 bits per heavy atom. The second-order valence-electron chi connectivity index (χ2n) is 8.69. The zero-order valence-corrected chi connectivity index (χ0v) is 21.0. The molecule has 0 aliphatic carbocycles. The Morgan fingerprint density at radius 2 is 1.49 bits per heavy atom. The first-order valence-electron chi connectivity index (χ1n) is 12.2. The number of hydrogen-bond acceptors (Lipinski definition) is 6. The van der Waals surface area contributed by atoms with E-state index in [1.165, 1.54) is 17.1 Å². The average molecular weight is 529 g/mol. The van der Waals surface area contributed by atoms with Crippen molar-refractivity contribution in [1.29, 1.82) is 0 Å². The number of aliphatic carboxylic acids is 1. The summed E-state index contributed by atoms with van der Waals surface area (Å²) in [6.07, 6.45) is 2.16. The van der Waals surface area contributed by atoms with Crippen molar-refractivity contribution in [3.05, 3.63) is 114 Å². The molecule has 1 heterocycles. The van der Waals surface area contributed by atoms with E-state index in [9.17, 15) is 14.4 Å². The fourth-order valence-electron chi connectivity index (χ4n) is 3.70. The van der Waals surface area contributed by atoms with Gasteiger partial charge >= 0.3 is 12.1 Å². The first kappa shape index (κ1) is 26.9. The van der Waals surface area contributed by atoms with Gasteiger partial charge in [-0.15, -0.1) is 0 Å². The number of carboxylic acid groups (broad SMARTS) is 1. The predicted molar refractivity (Wildman–Crippen MR) is 143 cm³/mol. The van der Waals surface area contributed by atoms with Gasteiger partial charge in [0.25, 0.3) is 0 Å². The normalized spacial score (nSPS) is 11.3. The number of rotatable bonds is 12. The van der Waals surface area contributed by atoms with E-state index in [1.54, 1.807) is 12.1 Å². The molecule has 0 spiro atoms. The van der Waals surface area contributed by atoms with E-state index in [0.717, 1.165) is 16.7 Å². The van der Waals surface area contributed by atoms with E-state index >= 15 is 0 Å². The summed E-state index contributed by atoms with van der Waals surface area (Å²) < 4.78 is 12.3. The van der Waals surface area contributed by atoms with Crippen LogP contribution in [-0.2, 0) is 40.5 Å². The van der Waals surface area contributed by atoms with Crippen molar-refractivity contribution in [1.82, 2.24) is 15.1 Å². The lowest BCUT2D eigenvalue weighted by atomic mass is 10.1. The molecular formula is C29H28N4O6. The molecule has 0 radical (unpaired) electrons. The van der Waals surface area contributed by atoms with Gasteiger partial charge in [0.15, 0.2) is 0 Å². The van der Waals surface area contributed by atoms with Gasteiger partial charge in [0.2, 0.25) is 5.91 Å². The first-order chi connectivity index (χ1) is 18.9. The third-order valence-corrected chi connectivity index (χ3v) is 5.63. The van der Waals surface area contributed by atoms with Gasteiger partial charge in [-0.1, -0.05) is 72.8 Å². The van der Waals surface area contributed by atoms with Crippen LogP contribution in [-0.4, -0.2) is 38.9 Å². The number of alkyl carbamates (subject to hydrolysis) is 1. The molecule has 2 amide bonds. The molecule has 3 N–H and O–H groups in total. The summed E-state index contributed by atoms with van der Waals surface area (Å²) in [6.45, 7) is 0.133. The van der Waals surface area contributed by atoms with Crippen LogP contribution in [0.4, 0.5) is 10.5 Å². The molecule has 4 aromatic rings. The quantitative estimate of drug-likeness (QED) is 0.253. The highest BCUT2D eigenvalue weighted by Crippen LogP contribution is 2.16. The van der Waals surface area contributed by atoms with Crippen LogP contribution in [0.1, 0.15) is 16.7 Å². The Labute approximate surface area is 225 Å². The van der Waals surface area contributed by atoms with Crippen molar-refractivity contribution in [3.63, 3.8) is 0 Å². The van der Waals surface area contributed by atoms with Crippen LogP contribution in [0.25, 0.3) is 0 Å². The molecule has 200 valence electrons. The van der Waals surface area contributed by atoms with E-state index in [-0.39, 0.29) is 19.6 Å². The van der Waals surface area contributed by atoms with Crippen molar-refractivity contribution in [2.75, 3.05) is 5.32 Å². The van der Waals surface area contributed by atoms with Gasteiger partial charge in [0, 0.05) is 12.6 Å². The lowest BCUT2D eigenvalue weighted by Crippen LogP contribution is -2.45. The summed E-state index contributed by atoms with van der Waals surface area (Å²) in [7, 11) is 0. The van der Waals surface area contributed by atoms with E-state index < -0.39 is 24.0 Å². The maximum absolute atomic E-state index is 13.1. The first-order valence-corrected chi connectivity index (χ1v) is 12.2. The van der Waals surface area contributed by atoms with Gasteiger partial charge < -0.3 is 25.2 Å². The van der Waals surface area contributed by atoms with Crippen molar-refractivity contribution in [3.8, 4) is 5.75 Å². The zero-order chi connectivity index (χ0) is 27.5. The van der Waals surface area contributed by atoms with E-state index in [0.29, 0.717) is 18.0 Å². The molecule has 4 rings (SSSR count). The van der Waals surface area contributed by atoms with Gasteiger partial charge in [0.1, 0.15) is 31.5 Å². The smallest absolute Gasteiger partial charge is 0.408 e. The molecule has 0 bridgehead atoms. The number of anilines is 1. The largest absolute Gasteiger partial charge is 0.489 e. The number of aromatic nitrogens is 2. The molecule has 0 fully saturated rings. The minimum atomic E-state index is -1.06. The molecular weight excluding hydrogens is 500 g/mol. The topological polar surface area (TPSA) is 132 Å². The summed E-state index contributed by atoms with van der Waals surface area (Å²) in [5.41, 5.74) is 2.94. The number of carbonyl (C=O) groups excluding carboxylic acids is 2. The number of amides is 2. The lowest BCUT2D eigenvalue weighted by molar-refractivity contribution is -0.137. The van der Waals surface area contributed by atoms with Crippen molar-refractivity contribution < 1.29 is 29.0 Å². The molecule has 39 heavy (non-hydrogen) atoms. The SMILES string of the molecule is O=C(O)Cn1cc(NC(=O)[C@H](Cc2ccc(OCc3ccccc3)cc2)NC(=O)OCc2ccccc2)cn1. The summed E-state index contributed by atoms with van der Waals surface area (Å²) in [4.78, 5) is 36.6. The summed E-state index contributed by atoms with van der Waals surface area (Å²) in [6, 6.07) is 25.3. The molecule has 1 aromatic heterocycles. The number of carbonyl (C=O) groups is 3. The van der Waals surface area contributed by atoms with E-state index in [1.807, 2.05) is 72.8 Å². The van der Waals surface area contributed by atoms with Gasteiger partial charge in [0.05, 0.1) is 11.9 Å². The number of nitrogens with zero attached hydrogens (tertiary/aromatic N) is 2. The molecule has 10 heteroatoms. The van der Waals surface area contributed by atoms with Gasteiger partial charge in [-0.2, -0.15) is 5.10 Å². The molecule has 0 saturated heterocycles. The van der Waals surface area contributed by atoms with E-state index in [4.69, 9.17) is 14.6 Å². The Hall–Kier alpha value is -5.12. The number of benzene rings is 3. The van der Waals surface area contributed by atoms with Crippen LogP contribution in [0.5, 0.6) is 5.75 Å². The van der Waals surface area contributed by atoms with Gasteiger partial charge in [-0.05, 0) is 28.8 Å². The highest BCUT2D eigenvalue weighted by atomic mass is 16.5. The molecule has 10 nitrogen and oxygen atoms in total. The second kappa shape index (κ2) is 13.4. The molecule has 0 aliphatic rings. The number of hydrogen-bond donors (Lipinski definition) is 3. The average Bonchev–Trinajstić information content (AvgIpc) is 3.38. The Balaban J connectivity index is 1.40. The zero-order valence-electron chi connectivity index (χ0n) is 21.0. The maximum atomic E-state index is 13.1. The molecule has 0 unspecified atom stereocenters. The lowest BCUT2D eigenvalue weighted by Gasteiger charge is -2.18. The summed E-state index contributed by atoms with van der Waals surface area (Å²) in [5.74, 6) is -0.900. The fourth-order valence-corrected chi connectivity index (χ4v) is 3.70. The Bertz CT molecular complexity index is 1370. The third kappa shape index (κ3) is 8.74. The van der Waals surface area contributed by atoms with Crippen LogP contribution >= 0.6 is 0 Å². The van der Waals surface area contributed by atoms with Crippen LogP contribution in [0.2, 0.25) is 0 Å². The number of ether oxygens (including phenoxy) is 2. The molecule has 0 saturated carbocycles. The van der Waals surface area contributed by atoms with Crippen LogP contribution in [0.3, 0.4) is 0 Å². The highest BCUT2D eigenvalue weighted by molar-refractivity contribution is 5.96. The highest BCUT2D eigenvalue weighted by Gasteiger charge is 2.23.